The van der Waals surface area contributed by atoms with Crippen molar-refractivity contribution >= 4 is 23.0 Å². The molecule has 0 radical (unpaired) electrons. The van der Waals surface area contributed by atoms with Crippen LogP contribution in [0.25, 0.3) is 44.4 Å². The molecule has 5 aromatic rings. The number of hydrogen-bond acceptors (Lipinski definition) is 6. The lowest BCUT2D eigenvalue weighted by atomic mass is 9.98. The zero-order chi connectivity index (χ0) is 37.6. The summed E-state index contributed by atoms with van der Waals surface area (Å²) in [4.78, 5) is 46.9. The Morgan fingerprint density at radius 2 is 1.30 bits per heavy atom. The van der Waals surface area contributed by atoms with Crippen molar-refractivity contribution in [3.63, 3.8) is 0 Å². The topological polar surface area (TPSA) is 116 Å². The maximum Gasteiger partial charge on any atom is 0.411 e. The molecular weight excluding hydrogens is 677 g/mol. The van der Waals surface area contributed by atoms with Gasteiger partial charge in [-0.25, -0.2) is 19.6 Å². The molecule has 2 amide bonds. The molecule has 3 unspecified atom stereocenters. The Balaban J connectivity index is 0.900. The number of hydrogen-bond donors (Lipinski definition) is 2. The predicted molar refractivity (Wildman–Crippen MR) is 208 cm³/mol. The van der Waals surface area contributed by atoms with Crippen molar-refractivity contribution < 1.29 is 19.1 Å². The fourth-order valence-corrected chi connectivity index (χ4v) is 8.99. The lowest BCUT2D eigenvalue weighted by Crippen LogP contribution is -2.43. The van der Waals surface area contributed by atoms with Crippen molar-refractivity contribution in [3.8, 4) is 33.6 Å². The van der Waals surface area contributed by atoms with E-state index in [4.69, 9.17) is 19.4 Å². The van der Waals surface area contributed by atoms with Crippen molar-refractivity contribution in [3.05, 3.63) is 84.7 Å². The molecule has 4 heterocycles. The third-order valence-electron chi connectivity index (χ3n) is 11.8. The Hall–Kier alpha value is -5.12. The minimum absolute atomic E-state index is 0.0864. The van der Waals surface area contributed by atoms with Gasteiger partial charge in [0.2, 0.25) is 0 Å². The number of nitrogens with zero attached hydrogens (tertiary/aromatic N) is 4. The summed E-state index contributed by atoms with van der Waals surface area (Å²) in [6, 6.07) is 21.6. The van der Waals surface area contributed by atoms with Crippen LogP contribution < -0.4 is 0 Å². The molecule has 54 heavy (non-hydrogen) atoms. The minimum Gasteiger partial charge on any atom is -0.444 e. The first kappa shape index (κ1) is 34.6. The number of imidazole rings is 2. The number of carbonyl (C=O) groups is 2. The summed E-state index contributed by atoms with van der Waals surface area (Å²) in [5.74, 6) is 2.05. The van der Waals surface area contributed by atoms with Crippen LogP contribution in [0.4, 0.5) is 9.59 Å². The van der Waals surface area contributed by atoms with E-state index in [-0.39, 0.29) is 35.7 Å². The molecule has 2 saturated heterocycles. The molecule has 2 aliphatic heterocycles. The van der Waals surface area contributed by atoms with Gasteiger partial charge in [0.25, 0.3) is 0 Å². The van der Waals surface area contributed by atoms with Crippen LogP contribution in [0, 0.1) is 11.3 Å². The van der Waals surface area contributed by atoms with E-state index in [1.54, 1.807) is 0 Å². The number of likely N-dealkylation sites (tertiary alicyclic amines) is 2. The maximum absolute atomic E-state index is 13.2. The molecule has 2 aliphatic carbocycles. The van der Waals surface area contributed by atoms with Gasteiger partial charge in [0.15, 0.2) is 0 Å². The molecule has 4 fully saturated rings. The van der Waals surface area contributed by atoms with E-state index >= 15 is 0 Å². The smallest absolute Gasteiger partial charge is 0.411 e. The Kier molecular flexibility index (Phi) is 7.99. The van der Waals surface area contributed by atoms with Gasteiger partial charge >= 0.3 is 12.2 Å². The number of carbonyl (C=O) groups excluding carboxylic acids is 2. The van der Waals surface area contributed by atoms with E-state index in [1.807, 2.05) is 63.7 Å². The first-order valence-corrected chi connectivity index (χ1v) is 19.5. The van der Waals surface area contributed by atoms with E-state index in [9.17, 15) is 9.59 Å². The van der Waals surface area contributed by atoms with E-state index in [1.165, 1.54) is 0 Å². The molecule has 4 aliphatic rings. The molecule has 2 N–H and O–H groups in total. The van der Waals surface area contributed by atoms with E-state index < -0.39 is 11.2 Å². The molecule has 1 spiro atoms. The van der Waals surface area contributed by atoms with Crippen LogP contribution in [-0.4, -0.2) is 65.7 Å². The summed E-state index contributed by atoms with van der Waals surface area (Å²) in [6.45, 7) is 12.2. The Morgan fingerprint density at radius 3 is 1.98 bits per heavy atom. The largest absolute Gasteiger partial charge is 0.444 e. The van der Waals surface area contributed by atoms with Gasteiger partial charge in [-0.3, -0.25) is 9.80 Å². The second-order valence-electron chi connectivity index (χ2n) is 18.1. The van der Waals surface area contributed by atoms with Crippen LogP contribution in [0.15, 0.2) is 73.1 Å². The highest BCUT2D eigenvalue weighted by Gasteiger charge is 2.55. The van der Waals surface area contributed by atoms with Crippen molar-refractivity contribution in [2.75, 3.05) is 6.54 Å². The minimum atomic E-state index is -0.543. The zero-order valence-corrected chi connectivity index (χ0v) is 32.1. The summed E-state index contributed by atoms with van der Waals surface area (Å²) in [6.07, 6.45) is 9.60. The van der Waals surface area contributed by atoms with Crippen LogP contribution in [-0.2, 0) is 9.47 Å². The van der Waals surface area contributed by atoms with Gasteiger partial charge in [0.1, 0.15) is 22.9 Å². The number of aromatic amines is 2. The Morgan fingerprint density at radius 1 is 0.722 bits per heavy atom. The second kappa shape index (κ2) is 12.5. The first-order valence-electron chi connectivity index (χ1n) is 19.5. The van der Waals surface area contributed by atoms with Gasteiger partial charge < -0.3 is 19.4 Å². The number of ether oxygens (including phenoxy) is 2. The number of fused-ring (bicyclic) bond motifs is 3. The zero-order valence-electron chi connectivity index (χ0n) is 32.1. The summed E-state index contributed by atoms with van der Waals surface area (Å²) in [5.41, 5.74) is 5.38. The fourth-order valence-electron chi connectivity index (χ4n) is 8.99. The van der Waals surface area contributed by atoms with Gasteiger partial charge in [-0.2, -0.15) is 0 Å². The number of H-pyrrole nitrogens is 2. The third-order valence-corrected chi connectivity index (χ3v) is 11.8. The summed E-state index contributed by atoms with van der Waals surface area (Å²) in [7, 11) is 0. The number of amides is 2. The molecular formula is C44H50N6O4. The monoisotopic (exact) mass is 726 g/mol. The van der Waals surface area contributed by atoms with E-state index in [0.717, 1.165) is 101 Å². The van der Waals surface area contributed by atoms with Crippen LogP contribution in [0.1, 0.15) is 104 Å². The number of nitrogens with one attached hydrogen (secondary N) is 2. The van der Waals surface area contributed by atoms with Gasteiger partial charge in [-0.1, -0.05) is 48.5 Å². The summed E-state index contributed by atoms with van der Waals surface area (Å²) < 4.78 is 11.6. The lowest BCUT2D eigenvalue weighted by Gasteiger charge is -2.35. The van der Waals surface area contributed by atoms with Crippen LogP contribution >= 0.6 is 0 Å². The van der Waals surface area contributed by atoms with Crippen molar-refractivity contribution in [2.24, 2.45) is 11.3 Å². The molecule has 2 saturated carbocycles. The molecule has 2 bridgehead atoms. The van der Waals surface area contributed by atoms with Gasteiger partial charge in [-0.15, -0.1) is 0 Å². The molecule has 9 rings (SSSR count). The van der Waals surface area contributed by atoms with Crippen molar-refractivity contribution in [2.45, 2.75) is 109 Å². The Labute approximate surface area is 316 Å². The van der Waals surface area contributed by atoms with Crippen molar-refractivity contribution in [1.29, 1.82) is 0 Å². The van der Waals surface area contributed by atoms with E-state index in [0.29, 0.717) is 5.92 Å². The fraction of sp³-hybridized carbons (Fsp3) is 0.455. The van der Waals surface area contributed by atoms with E-state index in [2.05, 4.69) is 70.6 Å². The van der Waals surface area contributed by atoms with Crippen LogP contribution in [0.3, 0.4) is 0 Å². The highest BCUT2D eigenvalue weighted by atomic mass is 16.6. The molecule has 280 valence electrons. The average Bonchev–Trinajstić information content (AvgIpc) is 3.74. The number of benzene rings is 3. The molecule has 3 aromatic carbocycles. The number of aromatic nitrogens is 4. The second-order valence-corrected chi connectivity index (χ2v) is 18.1. The molecule has 4 atom stereocenters. The highest BCUT2D eigenvalue weighted by Crippen LogP contribution is 2.58. The summed E-state index contributed by atoms with van der Waals surface area (Å²) in [5, 5.41) is 2.30. The highest BCUT2D eigenvalue weighted by molar-refractivity contribution is 5.90. The first-order chi connectivity index (χ1) is 25.7. The lowest BCUT2D eigenvalue weighted by molar-refractivity contribution is 0.00613. The SMILES string of the molecule is CC(C)(C)OC(=O)N1C2CCC(C2)C1c1ncc(-c2ccc(-c3ccc4cc(-c5cnc([C@@H]6CC7(CC7)CN6C(=O)OC(C)(C)C)[nH]5)ccc4c3)cc2)[nH]1. The average molecular weight is 727 g/mol. The molecule has 2 aromatic heterocycles. The van der Waals surface area contributed by atoms with Gasteiger partial charge in [0, 0.05) is 18.2 Å². The van der Waals surface area contributed by atoms with Crippen LogP contribution in [0.2, 0.25) is 0 Å². The quantitative estimate of drug-likeness (QED) is 0.186. The normalized spacial score (nSPS) is 23.1. The van der Waals surface area contributed by atoms with Crippen molar-refractivity contribution in [1.82, 2.24) is 29.7 Å². The third kappa shape index (κ3) is 6.54. The maximum atomic E-state index is 13.2. The molecule has 10 heteroatoms. The predicted octanol–water partition coefficient (Wildman–Crippen LogP) is 10.2. The number of rotatable bonds is 5. The van der Waals surface area contributed by atoms with Gasteiger partial charge in [-0.05, 0) is 131 Å². The standard InChI is InChI=1S/C44H50N6O4/c1-42(2,3)53-40(51)49-25-44(17-18-44)22-36(49)38-45-24-35(47-38)31-14-13-29-19-28(11-12-30(29)20-31)26-7-9-27(10-8-26)34-23-46-39(48-34)37-32-15-16-33(21-32)50(37)41(52)54-43(4,5)6/h7-14,19-20,23-24,32-33,36-37H,15-18,21-22,25H2,1-6H3,(H,45,47)(H,46,48)/t32?,33?,36-,37?/m0/s1. The van der Waals surface area contributed by atoms with Crippen LogP contribution in [0.5, 0.6) is 0 Å². The van der Waals surface area contributed by atoms with Gasteiger partial charge in [0.05, 0.1) is 35.9 Å². The number of piperidine rings is 1. The Bertz CT molecular complexity index is 2240. The molecule has 10 nitrogen and oxygen atoms in total. The summed E-state index contributed by atoms with van der Waals surface area (Å²) >= 11 is 0.